The van der Waals surface area contributed by atoms with Crippen LogP contribution in [0.5, 0.6) is 0 Å². The molecule has 1 heterocycles. The lowest BCUT2D eigenvalue weighted by atomic mass is 10.2. The van der Waals surface area contributed by atoms with E-state index in [0.717, 1.165) is 34.7 Å². The van der Waals surface area contributed by atoms with E-state index in [4.69, 9.17) is 0 Å². The van der Waals surface area contributed by atoms with Crippen LogP contribution in [0.25, 0.3) is 17.1 Å². The first kappa shape index (κ1) is 24.2. The molecule has 0 aliphatic heterocycles. The Labute approximate surface area is 209 Å². The van der Waals surface area contributed by atoms with Crippen LogP contribution in [-0.4, -0.2) is 32.3 Å². The average Bonchev–Trinajstić information content (AvgIpc) is 3.32. The molecule has 2 N–H and O–H groups in total. The normalized spacial score (nSPS) is 10.7. The summed E-state index contributed by atoms with van der Waals surface area (Å²) in [5, 5.41) is 15.2. The van der Waals surface area contributed by atoms with Crippen LogP contribution in [-0.2, 0) is 16.1 Å². The molecule has 4 rings (SSSR count). The minimum absolute atomic E-state index is 0.0116. The number of aromatic nitrogens is 3. The van der Waals surface area contributed by atoms with Gasteiger partial charge in [0.1, 0.15) is 0 Å². The Morgan fingerprint density at radius 3 is 2.37 bits per heavy atom. The number of anilines is 1. The standard InChI is InChI=1S/C27H27N5O2S/c1-2-10-24(33)29-22-14-9-11-20(17-22)18-28-25(34)19-35-27-31-30-26(21-12-5-3-6-13-21)32(27)23-15-7-4-8-16-23/h3-9,11-17H,2,10,18-19H2,1H3,(H,28,34)(H,29,33). The molecule has 0 unspecified atom stereocenters. The lowest BCUT2D eigenvalue weighted by Gasteiger charge is -2.11. The summed E-state index contributed by atoms with van der Waals surface area (Å²) in [6, 6.07) is 27.2. The van der Waals surface area contributed by atoms with Gasteiger partial charge in [0, 0.05) is 29.9 Å². The lowest BCUT2D eigenvalue weighted by molar-refractivity contribution is -0.119. The summed E-state index contributed by atoms with van der Waals surface area (Å²) in [5.74, 6) is 0.801. The SMILES string of the molecule is CCCC(=O)Nc1cccc(CNC(=O)CSc2nnc(-c3ccccc3)n2-c2ccccc2)c1. The maximum atomic E-state index is 12.6. The monoisotopic (exact) mass is 485 g/mol. The van der Waals surface area contributed by atoms with Gasteiger partial charge in [0.05, 0.1) is 5.75 Å². The molecule has 7 nitrogen and oxygen atoms in total. The second-order valence-electron chi connectivity index (χ2n) is 7.91. The van der Waals surface area contributed by atoms with Gasteiger partial charge in [-0.25, -0.2) is 0 Å². The Morgan fingerprint density at radius 2 is 1.63 bits per heavy atom. The molecule has 0 aliphatic rings. The fraction of sp³-hybridized carbons (Fsp3) is 0.185. The van der Waals surface area contributed by atoms with Crippen LogP contribution in [0.3, 0.4) is 0 Å². The van der Waals surface area contributed by atoms with Gasteiger partial charge >= 0.3 is 0 Å². The van der Waals surface area contributed by atoms with Crippen LogP contribution in [0.15, 0.2) is 90.1 Å². The number of amides is 2. The van der Waals surface area contributed by atoms with Gasteiger partial charge in [-0.05, 0) is 36.2 Å². The zero-order valence-corrected chi connectivity index (χ0v) is 20.3. The molecular weight excluding hydrogens is 458 g/mol. The highest BCUT2D eigenvalue weighted by molar-refractivity contribution is 7.99. The Kier molecular flexibility index (Phi) is 8.30. The second kappa shape index (κ2) is 12.0. The minimum atomic E-state index is -0.112. The second-order valence-corrected chi connectivity index (χ2v) is 8.85. The van der Waals surface area contributed by atoms with E-state index >= 15 is 0 Å². The van der Waals surface area contributed by atoms with Gasteiger partial charge in [-0.3, -0.25) is 14.2 Å². The predicted octanol–water partition coefficient (Wildman–Crippen LogP) is 5.08. The molecule has 0 spiro atoms. The summed E-state index contributed by atoms with van der Waals surface area (Å²) in [5.41, 5.74) is 3.53. The molecule has 35 heavy (non-hydrogen) atoms. The highest BCUT2D eigenvalue weighted by atomic mass is 32.2. The number of carbonyl (C=O) groups excluding carboxylic acids is 2. The molecule has 2 amide bonds. The molecule has 0 bridgehead atoms. The predicted molar refractivity (Wildman–Crippen MR) is 139 cm³/mol. The topological polar surface area (TPSA) is 88.9 Å². The van der Waals surface area contributed by atoms with Gasteiger partial charge in [0.15, 0.2) is 11.0 Å². The molecular formula is C27H27N5O2S. The van der Waals surface area contributed by atoms with Crippen molar-refractivity contribution in [2.75, 3.05) is 11.1 Å². The van der Waals surface area contributed by atoms with E-state index in [1.807, 2.05) is 96.4 Å². The van der Waals surface area contributed by atoms with Crippen LogP contribution in [0, 0.1) is 0 Å². The minimum Gasteiger partial charge on any atom is -0.351 e. The van der Waals surface area contributed by atoms with Gasteiger partial charge in [0.2, 0.25) is 11.8 Å². The number of hydrogen-bond acceptors (Lipinski definition) is 5. The zero-order chi connectivity index (χ0) is 24.5. The van der Waals surface area contributed by atoms with Crippen molar-refractivity contribution < 1.29 is 9.59 Å². The first-order valence-corrected chi connectivity index (χ1v) is 12.5. The first-order chi connectivity index (χ1) is 17.1. The Hall–Kier alpha value is -3.91. The number of thioether (sulfide) groups is 1. The molecule has 8 heteroatoms. The van der Waals surface area contributed by atoms with E-state index in [-0.39, 0.29) is 17.6 Å². The highest BCUT2D eigenvalue weighted by Crippen LogP contribution is 2.27. The molecule has 1 aromatic heterocycles. The number of hydrogen-bond donors (Lipinski definition) is 2. The highest BCUT2D eigenvalue weighted by Gasteiger charge is 2.17. The van der Waals surface area contributed by atoms with Crippen molar-refractivity contribution >= 4 is 29.3 Å². The first-order valence-electron chi connectivity index (χ1n) is 11.5. The summed E-state index contributed by atoms with van der Waals surface area (Å²) in [7, 11) is 0. The summed E-state index contributed by atoms with van der Waals surface area (Å²) < 4.78 is 1.97. The summed E-state index contributed by atoms with van der Waals surface area (Å²) in [6.07, 6.45) is 1.28. The van der Waals surface area contributed by atoms with E-state index < -0.39 is 0 Å². The molecule has 4 aromatic rings. The third kappa shape index (κ3) is 6.58. The van der Waals surface area contributed by atoms with Crippen LogP contribution in [0.1, 0.15) is 25.3 Å². The maximum Gasteiger partial charge on any atom is 0.230 e. The molecule has 0 aliphatic carbocycles. The molecule has 0 saturated heterocycles. The van der Waals surface area contributed by atoms with Crippen molar-refractivity contribution in [2.45, 2.75) is 31.5 Å². The van der Waals surface area contributed by atoms with Gasteiger partial charge < -0.3 is 10.6 Å². The summed E-state index contributed by atoms with van der Waals surface area (Å²) in [6.45, 7) is 2.34. The lowest BCUT2D eigenvalue weighted by Crippen LogP contribution is -2.24. The van der Waals surface area contributed by atoms with Gasteiger partial charge in [-0.15, -0.1) is 10.2 Å². The fourth-order valence-corrected chi connectivity index (χ4v) is 4.32. The molecule has 178 valence electrons. The van der Waals surface area contributed by atoms with E-state index in [0.29, 0.717) is 18.1 Å². The molecule has 0 radical (unpaired) electrons. The third-order valence-corrected chi connectivity index (χ3v) is 6.12. The van der Waals surface area contributed by atoms with Gasteiger partial charge in [-0.2, -0.15) is 0 Å². The van der Waals surface area contributed by atoms with Crippen LogP contribution in [0.4, 0.5) is 5.69 Å². The number of nitrogens with one attached hydrogen (secondary N) is 2. The summed E-state index contributed by atoms with van der Waals surface area (Å²) in [4.78, 5) is 24.4. The zero-order valence-electron chi connectivity index (χ0n) is 19.5. The average molecular weight is 486 g/mol. The quantitative estimate of drug-likeness (QED) is 0.306. The van der Waals surface area contributed by atoms with E-state index in [2.05, 4.69) is 20.8 Å². The van der Waals surface area contributed by atoms with E-state index in [9.17, 15) is 9.59 Å². The van der Waals surface area contributed by atoms with Crippen molar-refractivity contribution in [3.8, 4) is 17.1 Å². The Morgan fingerprint density at radius 1 is 0.886 bits per heavy atom. The Bertz CT molecular complexity index is 1280. The number of rotatable bonds is 10. The largest absolute Gasteiger partial charge is 0.351 e. The van der Waals surface area contributed by atoms with Gasteiger partial charge in [0.25, 0.3) is 0 Å². The third-order valence-electron chi connectivity index (χ3n) is 5.19. The molecule has 0 atom stereocenters. The van der Waals surface area contributed by atoms with Crippen LogP contribution < -0.4 is 10.6 Å². The molecule has 0 fully saturated rings. The Balaban J connectivity index is 1.41. The molecule has 0 saturated carbocycles. The fourth-order valence-electron chi connectivity index (χ4n) is 3.54. The summed E-state index contributed by atoms with van der Waals surface area (Å²) >= 11 is 1.34. The maximum absolute atomic E-state index is 12.6. The van der Waals surface area contributed by atoms with E-state index in [1.165, 1.54) is 11.8 Å². The van der Waals surface area contributed by atoms with Gasteiger partial charge in [-0.1, -0.05) is 79.3 Å². The van der Waals surface area contributed by atoms with Crippen molar-refractivity contribution in [1.29, 1.82) is 0 Å². The number of benzene rings is 3. The smallest absolute Gasteiger partial charge is 0.230 e. The van der Waals surface area contributed by atoms with Crippen molar-refractivity contribution in [1.82, 2.24) is 20.1 Å². The van der Waals surface area contributed by atoms with E-state index in [1.54, 1.807) is 0 Å². The number of carbonyl (C=O) groups is 2. The van der Waals surface area contributed by atoms with Crippen molar-refractivity contribution in [2.24, 2.45) is 0 Å². The van der Waals surface area contributed by atoms with Crippen LogP contribution >= 0.6 is 11.8 Å². The van der Waals surface area contributed by atoms with Crippen molar-refractivity contribution in [3.63, 3.8) is 0 Å². The number of para-hydroxylation sites is 1. The van der Waals surface area contributed by atoms with Crippen molar-refractivity contribution in [3.05, 3.63) is 90.5 Å². The number of nitrogens with zero attached hydrogens (tertiary/aromatic N) is 3. The molecule has 3 aromatic carbocycles. The van der Waals surface area contributed by atoms with Crippen LogP contribution in [0.2, 0.25) is 0 Å².